The van der Waals surface area contributed by atoms with Gasteiger partial charge in [0.1, 0.15) is 12.4 Å². The lowest BCUT2D eigenvalue weighted by Gasteiger charge is -2.17. The van der Waals surface area contributed by atoms with E-state index in [4.69, 9.17) is 4.74 Å². The minimum atomic E-state index is -0.895. The first-order chi connectivity index (χ1) is 9.90. The van der Waals surface area contributed by atoms with Crippen molar-refractivity contribution in [3.05, 3.63) is 29.3 Å². The standard InChI is InChI=1S/C15H24N2O3S/c1-11-6-5-7-12(2)14(11)20-10-13(3)17-15(18)16-8-9-21(4)19/h5-7,13H,8-10H2,1-4H3,(H2,16,17,18)/t13-,21+/m0/s1. The fourth-order valence-corrected chi connectivity index (χ4v) is 2.25. The highest BCUT2D eigenvalue weighted by atomic mass is 32.2. The van der Waals surface area contributed by atoms with Gasteiger partial charge in [0.05, 0.1) is 6.04 Å². The highest BCUT2D eigenvalue weighted by molar-refractivity contribution is 7.84. The molecule has 21 heavy (non-hydrogen) atoms. The van der Waals surface area contributed by atoms with Crippen molar-refractivity contribution in [2.75, 3.05) is 25.2 Å². The van der Waals surface area contributed by atoms with Gasteiger partial charge in [0.2, 0.25) is 0 Å². The third kappa shape index (κ3) is 6.62. The van der Waals surface area contributed by atoms with Crippen LogP contribution >= 0.6 is 0 Å². The van der Waals surface area contributed by atoms with Gasteiger partial charge in [-0.15, -0.1) is 0 Å². The van der Waals surface area contributed by atoms with Gasteiger partial charge in [-0.3, -0.25) is 4.21 Å². The summed E-state index contributed by atoms with van der Waals surface area (Å²) in [6.45, 7) is 6.68. The van der Waals surface area contributed by atoms with Crippen molar-refractivity contribution in [2.24, 2.45) is 0 Å². The molecular formula is C15H24N2O3S. The number of hydrogen-bond acceptors (Lipinski definition) is 3. The Balaban J connectivity index is 2.35. The van der Waals surface area contributed by atoms with Crippen molar-refractivity contribution >= 4 is 16.8 Å². The highest BCUT2D eigenvalue weighted by Crippen LogP contribution is 2.22. The first-order valence-electron chi connectivity index (χ1n) is 6.93. The van der Waals surface area contributed by atoms with E-state index in [1.165, 1.54) is 0 Å². The van der Waals surface area contributed by atoms with E-state index in [2.05, 4.69) is 10.6 Å². The van der Waals surface area contributed by atoms with Crippen LogP contribution in [0.15, 0.2) is 18.2 Å². The van der Waals surface area contributed by atoms with Crippen LogP contribution < -0.4 is 15.4 Å². The number of urea groups is 1. The minimum absolute atomic E-state index is 0.115. The Bertz CT molecular complexity index is 485. The van der Waals surface area contributed by atoms with E-state index < -0.39 is 10.8 Å². The number of rotatable bonds is 7. The molecule has 0 aliphatic rings. The summed E-state index contributed by atoms with van der Waals surface area (Å²) < 4.78 is 16.7. The van der Waals surface area contributed by atoms with Gasteiger partial charge < -0.3 is 15.4 Å². The van der Waals surface area contributed by atoms with Crippen LogP contribution in [0.25, 0.3) is 0 Å². The number of hydrogen-bond donors (Lipinski definition) is 2. The second kappa shape index (κ2) is 8.67. The molecule has 0 bridgehead atoms. The summed E-state index contributed by atoms with van der Waals surface area (Å²) in [6, 6.07) is 5.61. The summed E-state index contributed by atoms with van der Waals surface area (Å²) in [4.78, 5) is 11.6. The maximum atomic E-state index is 11.6. The van der Waals surface area contributed by atoms with Crippen molar-refractivity contribution in [2.45, 2.75) is 26.8 Å². The van der Waals surface area contributed by atoms with Crippen molar-refractivity contribution in [1.29, 1.82) is 0 Å². The summed E-state index contributed by atoms with van der Waals surface area (Å²) in [5.41, 5.74) is 2.16. The van der Waals surface area contributed by atoms with Gasteiger partial charge in [0.25, 0.3) is 0 Å². The average molecular weight is 312 g/mol. The van der Waals surface area contributed by atoms with Crippen LogP contribution in [0.3, 0.4) is 0 Å². The van der Waals surface area contributed by atoms with E-state index in [9.17, 15) is 9.00 Å². The molecule has 0 saturated heterocycles. The molecule has 2 atom stereocenters. The summed E-state index contributed by atoms with van der Waals surface area (Å²) in [7, 11) is -0.895. The first-order valence-corrected chi connectivity index (χ1v) is 8.66. The number of ether oxygens (including phenoxy) is 1. The molecule has 0 spiro atoms. The van der Waals surface area contributed by atoms with Gasteiger partial charge in [-0.2, -0.15) is 0 Å². The number of nitrogens with one attached hydrogen (secondary N) is 2. The maximum Gasteiger partial charge on any atom is 0.315 e. The van der Waals surface area contributed by atoms with Crippen LogP contribution in [-0.4, -0.2) is 41.4 Å². The van der Waals surface area contributed by atoms with Gasteiger partial charge in [0.15, 0.2) is 0 Å². The lowest BCUT2D eigenvalue weighted by Crippen LogP contribution is -2.44. The first kappa shape index (κ1) is 17.5. The van der Waals surface area contributed by atoms with E-state index in [0.29, 0.717) is 18.9 Å². The summed E-state index contributed by atoms with van der Waals surface area (Å²) in [6.07, 6.45) is 1.61. The Labute approximate surface area is 128 Å². The van der Waals surface area contributed by atoms with Gasteiger partial charge in [-0.25, -0.2) is 4.79 Å². The molecule has 118 valence electrons. The number of carbonyl (C=O) groups is 1. The number of aryl methyl sites for hydroxylation is 2. The summed E-state index contributed by atoms with van der Waals surface area (Å²) >= 11 is 0. The number of carbonyl (C=O) groups excluding carboxylic acids is 1. The molecule has 1 rings (SSSR count). The van der Waals surface area contributed by atoms with Crippen LogP contribution in [0.5, 0.6) is 5.75 Å². The quantitative estimate of drug-likeness (QED) is 0.806. The van der Waals surface area contributed by atoms with E-state index >= 15 is 0 Å². The SMILES string of the molecule is Cc1cccc(C)c1OC[C@H](C)NC(=O)NCC[S@@](C)=O. The molecule has 0 aliphatic carbocycles. The Morgan fingerprint density at radius 1 is 1.33 bits per heavy atom. The molecule has 1 aromatic rings. The fourth-order valence-electron chi connectivity index (χ4n) is 1.86. The topological polar surface area (TPSA) is 67.4 Å². The number of benzene rings is 1. The fraction of sp³-hybridized carbons (Fsp3) is 0.533. The third-order valence-electron chi connectivity index (χ3n) is 2.94. The normalized spacial score (nSPS) is 13.3. The molecule has 0 radical (unpaired) electrons. The zero-order valence-corrected chi connectivity index (χ0v) is 13.9. The Morgan fingerprint density at radius 2 is 1.95 bits per heavy atom. The Morgan fingerprint density at radius 3 is 2.52 bits per heavy atom. The predicted molar refractivity (Wildman–Crippen MR) is 86.3 cm³/mol. The molecule has 2 N–H and O–H groups in total. The second-order valence-corrected chi connectivity index (χ2v) is 6.67. The molecule has 0 heterocycles. The van der Waals surface area contributed by atoms with Crippen LogP contribution in [-0.2, 0) is 10.8 Å². The van der Waals surface area contributed by atoms with Crippen LogP contribution in [0.4, 0.5) is 4.79 Å². The Hall–Kier alpha value is -1.56. The lowest BCUT2D eigenvalue weighted by atomic mass is 10.1. The molecule has 5 nitrogen and oxygen atoms in total. The largest absolute Gasteiger partial charge is 0.491 e. The average Bonchev–Trinajstić information content (AvgIpc) is 2.37. The molecule has 2 amide bonds. The van der Waals surface area contributed by atoms with Crippen molar-refractivity contribution in [1.82, 2.24) is 10.6 Å². The maximum absolute atomic E-state index is 11.6. The molecule has 0 saturated carbocycles. The van der Waals surface area contributed by atoms with Crippen LogP contribution in [0.1, 0.15) is 18.1 Å². The zero-order valence-electron chi connectivity index (χ0n) is 13.1. The molecule has 1 aromatic carbocycles. The van der Waals surface area contributed by atoms with Crippen molar-refractivity contribution in [3.8, 4) is 5.75 Å². The monoisotopic (exact) mass is 312 g/mol. The highest BCUT2D eigenvalue weighted by Gasteiger charge is 2.09. The van der Waals surface area contributed by atoms with Gasteiger partial charge in [0, 0.05) is 29.4 Å². The molecule has 0 unspecified atom stereocenters. The molecule has 0 fully saturated rings. The number of amides is 2. The molecular weight excluding hydrogens is 288 g/mol. The predicted octanol–water partition coefficient (Wildman–Crippen LogP) is 1.75. The van der Waals surface area contributed by atoms with Gasteiger partial charge >= 0.3 is 6.03 Å². The molecule has 0 aromatic heterocycles. The third-order valence-corrected chi connectivity index (χ3v) is 3.72. The van der Waals surface area contributed by atoms with Crippen LogP contribution in [0.2, 0.25) is 0 Å². The number of para-hydroxylation sites is 1. The van der Waals surface area contributed by atoms with Gasteiger partial charge in [-0.1, -0.05) is 18.2 Å². The Kier molecular flexibility index (Phi) is 7.22. The summed E-state index contributed by atoms with van der Waals surface area (Å²) in [5, 5.41) is 5.46. The van der Waals surface area contributed by atoms with Crippen molar-refractivity contribution in [3.63, 3.8) is 0 Å². The van der Waals surface area contributed by atoms with Crippen molar-refractivity contribution < 1.29 is 13.7 Å². The van der Waals surface area contributed by atoms with Crippen LogP contribution in [0, 0.1) is 13.8 Å². The van der Waals surface area contributed by atoms with E-state index in [-0.39, 0.29) is 12.1 Å². The zero-order chi connectivity index (χ0) is 15.8. The molecule has 6 heteroatoms. The lowest BCUT2D eigenvalue weighted by molar-refractivity contribution is 0.226. The van der Waals surface area contributed by atoms with E-state index in [0.717, 1.165) is 16.9 Å². The van der Waals surface area contributed by atoms with E-state index in [1.807, 2.05) is 39.0 Å². The summed E-state index contributed by atoms with van der Waals surface area (Å²) in [5.74, 6) is 1.33. The minimum Gasteiger partial charge on any atom is -0.491 e. The molecule has 0 aliphatic heterocycles. The smallest absolute Gasteiger partial charge is 0.315 e. The van der Waals surface area contributed by atoms with Gasteiger partial charge in [-0.05, 0) is 31.9 Å². The van der Waals surface area contributed by atoms with E-state index in [1.54, 1.807) is 6.26 Å². The second-order valence-electron chi connectivity index (χ2n) is 5.11.